The fraction of sp³-hybridized carbons (Fsp3) is 0.222. The highest BCUT2D eigenvalue weighted by Crippen LogP contribution is 2.20. The highest BCUT2D eigenvalue weighted by atomic mass is 127. The standard InChI is InChI=1S/C9H9IO2/c1-7(11)9(12-10)8-5-3-2-4-6-8/h2-6,9H,1H3. The molecule has 0 saturated heterocycles. The molecule has 1 atom stereocenters. The van der Waals surface area contributed by atoms with Crippen LogP contribution in [-0.2, 0) is 7.86 Å². The second-order valence-electron chi connectivity index (χ2n) is 2.49. The Kier molecular flexibility index (Phi) is 3.68. The third-order valence-corrected chi connectivity index (χ3v) is 2.07. The van der Waals surface area contributed by atoms with Crippen molar-refractivity contribution in [1.82, 2.24) is 0 Å². The van der Waals surface area contributed by atoms with Gasteiger partial charge in [0, 0.05) is 0 Å². The van der Waals surface area contributed by atoms with Crippen molar-refractivity contribution in [3.8, 4) is 0 Å². The van der Waals surface area contributed by atoms with Crippen LogP contribution in [0.1, 0.15) is 18.6 Å². The number of Topliss-reactive ketones (excluding diaryl/α,β-unsaturated/α-hetero) is 1. The number of ketones is 1. The van der Waals surface area contributed by atoms with E-state index in [4.69, 9.17) is 3.07 Å². The van der Waals surface area contributed by atoms with Gasteiger partial charge in [-0.2, -0.15) is 0 Å². The molecule has 0 aliphatic carbocycles. The van der Waals surface area contributed by atoms with E-state index in [1.165, 1.54) is 6.92 Å². The fourth-order valence-electron chi connectivity index (χ4n) is 0.977. The zero-order valence-electron chi connectivity index (χ0n) is 6.66. The molecule has 0 aromatic heterocycles. The molecule has 0 heterocycles. The first-order valence-corrected chi connectivity index (χ1v) is 4.46. The molecule has 0 aliphatic heterocycles. The molecule has 0 saturated carbocycles. The fourth-order valence-corrected chi connectivity index (χ4v) is 1.63. The molecule has 2 nitrogen and oxygen atoms in total. The largest absolute Gasteiger partial charge is 0.300 e. The molecular formula is C9H9IO2. The van der Waals surface area contributed by atoms with E-state index in [0.29, 0.717) is 0 Å². The SMILES string of the molecule is CC(=O)C(OI)c1ccccc1. The topological polar surface area (TPSA) is 26.3 Å². The van der Waals surface area contributed by atoms with Crippen molar-refractivity contribution in [2.75, 3.05) is 0 Å². The minimum Gasteiger partial charge on any atom is -0.300 e. The highest BCUT2D eigenvalue weighted by molar-refractivity contribution is 14.1. The van der Waals surface area contributed by atoms with Gasteiger partial charge in [-0.15, -0.1) is 0 Å². The molecule has 64 valence electrons. The molecule has 0 bridgehead atoms. The molecule has 0 N–H and O–H groups in total. The lowest BCUT2D eigenvalue weighted by atomic mass is 10.1. The Bertz CT molecular complexity index is 258. The first-order valence-electron chi connectivity index (χ1n) is 3.58. The van der Waals surface area contributed by atoms with Gasteiger partial charge < -0.3 is 0 Å². The Hall–Kier alpha value is -0.420. The van der Waals surface area contributed by atoms with Crippen LogP contribution in [0.3, 0.4) is 0 Å². The van der Waals surface area contributed by atoms with Crippen LogP contribution < -0.4 is 0 Å². The van der Waals surface area contributed by atoms with Gasteiger partial charge in [-0.1, -0.05) is 30.3 Å². The van der Waals surface area contributed by atoms with Gasteiger partial charge in [-0.3, -0.25) is 7.86 Å². The molecule has 0 amide bonds. The van der Waals surface area contributed by atoms with E-state index in [-0.39, 0.29) is 5.78 Å². The van der Waals surface area contributed by atoms with Crippen LogP contribution in [0, 0.1) is 0 Å². The molecule has 3 heteroatoms. The maximum absolute atomic E-state index is 11.0. The van der Waals surface area contributed by atoms with Crippen LogP contribution in [0.4, 0.5) is 0 Å². The molecular weight excluding hydrogens is 267 g/mol. The van der Waals surface area contributed by atoms with Crippen molar-refractivity contribution in [2.45, 2.75) is 13.0 Å². The van der Waals surface area contributed by atoms with Crippen molar-refractivity contribution in [3.05, 3.63) is 35.9 Å². The van der Waals surface area contributed by atoms with Gasteiger partial charge in [0.25, 0.3) is 0 Å². The van der Waals surface area contributed by atoms with Crippen molar-refractivity contribution in [3.63, 3.8) is 0 Å². The Morgan fingerprint density at radius 1 is 1.42 bits per heavy atom. The Balaban J connectivity index is 2.88. The molecule has 1 unspecified atom stereocenters. The molecule has 1 aromatic rings. The number of carbonyl (C=O) groups excluding carboxylic acids is 1. The van der Waals surface area contributed by atoms with Crippen LogP contribution in [0.25, 0.3) is 0 Å². The van der Waals surface area contributed by atoms with Crippen molar-refractivity contribution < 1.29 is 7.86 Å². The van der Waals surface area contributed by atoms with Gasteiger partial charge >= 0.3 is 0 Å². The molecule has 0 spiro atoms. The molecule has 0 radical (unpaired) electrons. The van der Waals surface area contributed by atoms with Gasteiger partial charge in [-0.05, 0) is 12.5 Å². The third kappa shape index (κ3) is 2.28. The quantitative estimate of drug-likeness (QED) is 0.793. The zero-order chi connectivity index (χ0) is 8.97. The number of carbonyl (C=O) groups is 1. The average Bonchev–Trinajstić information content (AvgIpc) is 2.07. The first kappa shape index (κ1) is 9.67. The smallest absolute Gasteiger partial charge is 0.164 e. The van der Waals surface area contributed by atoms with E-state index < -0.39 is 6.10 Å². The van der Waals surface area contributed by atoms with Crippen LogP contribution in [0.2, 0.25) is 0 Å². The summed E-state index contributed by atoms with van der Waals surface area (Å²) in [5, 5.41) is 0. The zero-order valence-corrected chi connectivity index (χ0v) is 8.82. The average molecular weight is 276 g/mol. The second-order valence-corrected chi connectivity index (χ2v) is 3.00. The van der Waals surface area contributed by atoms with Gasteiger partial charge in [0.15, 0.2) is 11.9 Å². The van der Waals surface area contributed by atoms with Crippen LogP contribution >= 0.6 is 23.0 Å². The van der Waals surface area contributed by atoms with E-state index in [1.807, 2.05) is 30.3 Å². The molecule has 0 aliphatic rings. The van der Waals surface area contributed by atoms with Crippen LogP contribution in [-0.4, -0.2) is 5.78 Å². The van der Waals surface area contributed by atoms with E-state index in [2.05, 4.69) is 0 Å². The number of halogens is 1. The van der Waals surface area contributed by atoms with Gasteiger partial charge in [0.2, 0.25) is 0 Å². The number of hydrogen-bond acceptors (Lipinski definition) is 2. The Morgan fingerprint density at radius 3 is 2.42 bits per heavy atom. The van der Waals surface area contributed by atoms with E-state index >= 15 is 0 Å². The summed E-state index contributed by atoms with van der Waals surface area (Å²) in [5.74, 6) is 0.0237. The lowest BCUT2D eigenvalue weighted by molar-refractivity contribution is -0.122. The van der Waals surface area contributed by atoms with Gasteiger partial charge in [-0.25, -0.2) is 0 Å². The van der Waals surface area contributed by atoms with Crippen molar-refractivity contribution in [1.29, 1.82) is 0 Å². The summed E-state index contributed by atoms with van der Waals surface area (Å²) in [6.07, 6.45) is -0.424. The summed E-state index contributed by atoms with van der Waals surface area (Å²) < 4.78 is 5.02. The monoisotopic (exact) mass is 276 g/mol. The Morgan fingerprint density at radius 2 is 2.00 bits per heavy atom. The lowest BCUT2D eigenvalue weighted by Crippen LogP contribution is -2.07. The predicted molar refractivity (Wildman–Crippen MR) is 55.0 cm³/mol. The molecule has 1 aromatic carbocycles. The minimum atomic E-state index is -0.424. The number of rotatable bonds is 3. The normalized spacial score (nSPS) is 12.5. The van der Waals surface area contributed by atoms with Crippen molar-refractivity contribution in [2.24, 2.45) is 0 Å². The minimum absolute atomic E-state index is 0.0237. The highest BCUT2D eigenvalue weighted by Gasteiger charge is 2.15. The molecule has 0 fully saturated rings. The summed E-state index contributed by atoms with van der Waals surface area (Å²) in [5.41, 5.74) is 0.902. The number of benzene rings is 1. The first-order chi connectivity index (χ1) is 5.75. The Labute approximate surface area is 85.6 Å². The van der Waals surface area contributed by atoms with Crippen molar-refractivity contribution >= 4 is 28.8 Å². The van der Waals surface area contributed by atoms with Crippen LogP contribution in [0.5, 0.6) is 0 Å². The lowest BCUT2D eigenvalue weighted by Gasteiger charge is -2.09. The summed E-state index contributed by atoms with van der Waals surface area (Å²) in [7, 11) is 0. The summed E-state index contributed by atoms with van der Waals surface area (Å²) in [6, 6.07) is 9.45. The second kappa shape index (κ2) is 4.57. The van der Waals surface area contributed by atoms with E-state index in [0.717, 1.165) is 5.56 Å². The predicted octanol–water partition coefficient (Wildman–Crippen LogP) is 2.68. The van der Waals surface area contributed by atoms with E-state index in [1.54, 1.807) is 23.0 Å². The summed E-state index contributed by atoms with van der Waals surface area (Å²) in [4.78, 5) is 11.0. The maximum Gasteiger partial charge on any atom is 0.164 e. The number of hydrogen-bond donors (Lipinski definition) is 0. The van der Waals surface area contributed by atoms with E-state index in [9.17, 15) is 4.79 Å². The van der Waals surface area contributed by atoms with Gasteiger partial charge in [0.05, 0.1) is 0 Å². The summed E-state index contributed by atoms with van der Waals surface area (Å²) in [6.45, 7) is 1.52. The maximum atomic E-state index is 11.0. The third-order valence-electron chi connectivity index (χ3n) is 1.56. The summed E-state index contributed by atoms with van der Waals surface area (Å²) >= 11 is 1.75. The molecule has 12 heavy (non-hydrogen) atoms. The van der Waals surface area contributed by atoms with Crippen LogP contribution in [0.15, 0.2) is 30.3 Å². The van der Waals surface area contributed by atoms with Gasteiger partial charge in [0.1, 0.15) is 23.0 Å². The molecule has 1 rings (SSSR count).